The van der Waals surface area contributed by atoms with Crippen LogP contribution in [0.1, 0.15) is 10.4 Å². The molecule has 0 fully saturated rings. The van der Waals surface area contributed by atoms with Crippen molar-refractivity contribution >= 4 is 28.3 Å². The summed E-state index contributed by atoms with van der Waals surface area (Å²) in [5, 5.41) is 7.57. The van der Waals surface area contributed by atoms with Crippen LogP contribution < -0.4 is 24.8 Å². The molecule has 0 atom stereocenters. The highest BCUT2D eigenvalue weighted by Gasteiger charge is 2.15. The molecule has 0 spiro atoms. The summed E-state index contributed by atoms with van der Waals surface area (Å²) in [5.74, 6) is 1.34. The van der Waals surface area contributed by atoms with Crippen LogP contribution in [0, 0.1) is 0 Å². The minimum Gasteiger partial charge on any atom is -0.497 e. The van der Waals surface area contributed by atoms with Crippen LogP contribution in [0.3, 0.4) is 0 Å². The molecule has 1 aromatic heterocycles. The number of thiazole rings is 1. The molecule has 0 bridgehead atoms. The zero-order valence-electron chi connectivity index (χ0n) is 16.1. The van der Waals surface area contributed by atoms with Gasteiger partial charge in [0.2, 0.25) is 5.91 Å². The molecule has 0 aliphatic carbocycles. The van der Waals surface area contributed by atoms with Crippen LogP contribution in [-0.4, -0.2) is 43.7 Å². The molecule has 1 aliphatic heterocycles. The molecule has 0 unspecified atom stereocenters. The molecule has 4 rings (SSSR count). The molecule has 2 N–H and O–H groups in total. The van der Waals surface area contributed by atoms with Gasteiger partial charge in [-0.05, 0) is 42.5 Å². The summed E-state index contributed by atoms with van der Waals surface area (Å²) in [4.78, 5) is 28.7. The monoisotopic (exact) mass is 425 g/mol. The first-order chi connectivity index (χ1) is 14.6. The van der Waals surface area contributed by atoms with E-state index in [-0.39, 0.29) is 18.4 Å². The van der Waals surface area contributed by atoms with Gasteiger partial charge in [0.1, 0.15) is 19.0 Å². The molecular weight excluding hydrogens is 406 g/mol. The Morgan fingerprint density at radius 2 is 1.87 bits per heavy atom. The van der Waals surface area contributed by atoms with Crippen molar-refractivity contribution in [3.8, 4) is 28.5 Å². The second-order valence-electron chi connectivity index (χ2n) is 6.36. The number of benzene rings is 2. The first-order valence-electron chi connectivity index (χ1n) is 9.20. The van der Waals surface area contributed by atoms with Crippen LogP contribution >= 0.6 is 11.3 Å². The largest absolute Gasteiger partial charge is 0.497 e. The van der Waals surface area contributed by atoms with Gasteiger partial charge in [-0.1, -0.05) is 0 Å². The van der Waals surface area contributed by atoms with Crippen LogP contribution in [0.4, 0.5) is 5.13 Å². The Labute approximate surface area is 176 Å². The van der Waals surface area contributed by atoms with E-state index < -0.39 is 0 Å². The van der Waals surface area contributed by atoms with Crippen LogP contribution in [0.15, 0.2) is 47.8 Å². The fourth-order valence-corrected chi connectivity index (χ4v) is 3.57. The number of carbonyl (C=O) groups excluding carboxylic acids is 2. The predicted molar refractivity (Wildman–Crippen MR) is 112 cm³/mol. The fraction of sp³-hybridized carbons (Fsp3) is 0.190. The zero-order chi connectivity index (χ0) is 20.9. The second-order valence-corrected chi connectivity index (χ2v) is 7.21. The minimum atomic E-state index is -0.361. The summed E-state index contributed by atoms with van der Waals surface area (Å²) in [6, 6.07) is 12.2. The van der Waals surface area contributed by atoms with E-state index in [2.05, 4.69) is 15.6 Å². The smallest absolute Gasteiger partial charge is 0.251 e. The normalized spacial score (nSPS) is 12.2. The first kappa shape index (κ1) is 19.7. The average Bonchev–Trinajstić information content (AvgIpc) is 3.25. The van der Waals surface area contributed by atoms with E-state index in [4.69, 9.17) is 14.2 Å². The van der Waals surface area contributed by atoms with Gasteiger partial charge in [-0.3, -0.25) is 9.59 Å². The van der Waals surface area contributed by atoms with E-state index in [9.17, 15) is 9.59 Å². The van der Waals surface area contributed by atoms with Crippen molar-refractivity contribution in [1.29, 1.82) is 0 Å². The van der Waals surface area contributed by atoms with Crippen molar-refractivity contribution in [1.82, 2.24) is 10.3 Å². The van der Waals surface area contributed by atoms with E-state index in [0.717, 1.165) is 11.3 Å². The highest BCUT2D eigenvalue weighted by molar-refractivity contribution is 7.14. The molecule has 30 heavy (non-hydrogen) atoms. The topological polar surface area (TPSA) is 98.8 Å². The van der Waals surface area contributed by atoms with Gasteiger partial charge in [-0.25, -0.2) is 4.98 Å². The number of aromatic nitrogens is 1. The van der Waals surface area contributed by atoms with Crippen LogP contribution in [0.25, 0.3) is 11.3 Å². The van der Waals surface area contributed by atoms with Crippen molar-refractivity contribution in [2.45, 2.75) is 0 Å². The maximum Gasteiger partial charge on any atom is 0.251 e. The maximum atomic E-state index is 12.2. The number of anilines is 1. The highest BCUT2D eigenvalue weighted by Crippen LogP contribution is 2.35. The molecule has 3 aromatic rings. The summed E-state index contributed by atoms with van der Waals surface area (Å²) >= 11 is 1.30. The quantitative estimate of drug-likeness (QED) is 0.630. The number of hydrogen-bond donors (Lipinski definition) is 2. The van der Waals surface area contributed by atoms with Gasteiger partial charge < -0.3 is 24.8 Å². The highest BCUT2D eigenvalue weighted by atomic mass is 32.1. The maximum absolute atomic E-state index is 12.2. The SMILES string of the molecule is COc1ccc(C(=O)NCC(=O)Nc2nc(-c3ccc4c(c3)OCCO4)cs2)cc1. The third-order valence-corrected chi connectivity index (χ3v) is 5.11. The van der Waals surface area contributed by atoms with E-state index in [1.807, 2.05) is 23.6 Å². The van der Waals surface area contributed by atoms with Gasteiger partial charge in [-0.2, -0.15) is 0 Å². The summed E-state index contributed by atoms with van der Waals surface area (Å²) in [5.41, 5.74) is 2.03. The van der Waals surface area contributed by atoms with E-state index in [1.165, 1.54) is 11.3 Å². The van der Waals surface area contributed by atoms with Crippen LogP contribution in [-0.2, 0) is 4.79 Å². The summed E-state index contributed by atoms with van der Waals surface area (Å²) in [6.45, 7) is 0.884. The first-order valence-corrected chi connectivity index (χ1v) is 10.1. The van der Waals surface area contributed by atoms with Crippen molar-refractivity contribution in [3.63, 3.8) is 0 Å². The fourth-order valence-electron chi connectivity index (χ4n) is 2.83. The van der Waals surface area contributed by atoms with E-state index in [0.29, 0.717) is 41.2 Å². The lowest BCUT2D eigenvalue weighted by Crippen LogP contribution is -2.32. The lowest BCUT2D eigenvalue weighted by molar-refractivity contribution is -0.115. The minimum absolute atomic E-state index is 0.163. The molecule has 1 aliphatic rings. The van der Waals surface area contributed by atoms with Crippen LogP contribution in [0.5, 0.6) is 17.2 Å². The van der Waals surface area contributed by atoms with Gasteiger partial charge in [0, 0.05) is 16.5 Å². The van der Waals surface area contributed by atoms with Gasteiger partial charge >= 0.3 is 0 Å². The van der Waals surface area contributed by atoms with Crippen molar-refractivity contribution in [2.75, 3.05) is 32.2 Å². The van der Waals surface area contributed by atoms with Crippen LogP contribution in [0.2, 0.25) is 0 Å². The third kappa shape index (κ3) is 4.52. The Morgan fingerprint density at radius 1 is 1.10 bits per heavy atom. The average molecular weight is 425 g/mol. The summed E-state index contributed by atoms with van der Waals surface area (Å²) < 4.78 is 16.2. The Hall–Kier alpha value is -3.59. The van der Waals surface area contributed by atoms with Gasteiger partial charge in [0.15, 0.2) is 16.6 Å². The Morgan fingerprint density at radius 3 is 2.63 bits per heavy atom. The molecule has 2 amide bonds. The second kappa shape index (κ2) is 8.83. The summed E-state index contributed by atoms with van der Waals surface area (Å²) in [6.07, 6.45) is 0. The molecule has 0 saturated heterocycles. The number of ether oxygens (including phenoxy) is 3. The van der Waals surface area contributed by atoms with Gasteiger partial charge in [-0.15, -0.1) is 11.3 Å². The standard InChI is InChI=1S/C21H19N3O5S/c1-27-15-5-2-13(3-6-15)20(26)22-11-19(25)24-21-23-16(12-30-21)14-4-7-17-18(10-14)29-9-8-28-17/h2-7,10,12H,8-9,11H2,1H3,(H,22,26)(H,23,24,25). The lowest BCUT2D eigenvalue weighted by atomic mass is 10.1. The molecular formula is C21H19N3O5S. The van der Waals surface area contributed by atoms with Crippen molar-refractivity contribution in [2.24, 2.45) is 0 Å². The third-order valence-electron chi connectivity index (χ3n) is 4.35. The number of nitrogens with one attached hydrogen (secondary N) is 2. The number of nitrogens with zero attached hydrogens (tertiary/aromatic N) is 1. The Kier molecular flexibility index (Phi) is 5.80. The number of hydrogen-bond acceptors (Lipinski definition) is 7. The predicted octanol–water partition coefficient (Wildman–Crippen LogP) is 2.96. The molecule has 2 heterocycles. The van der Waals surface area contributed by atoms with E-state index in [1.54, 1.807) is 31.4 Å². The van der Waals surface area contributed by atoms with Gasteiger partial charge in [0.25, 0.3) is 5.91 Å². The number of methoxy groups -OCH3 is 1. The number of carbonyl (C=O) groups is 2. The van der Waals surface area contributed by atoms with E-state index >= 15 is 0 Å². The number of fused-ring (bicyclic) bond motifs is 1. The van der Waals surface area contributed by atoms with Crippen molar-refractivity contribution < 1.29 is 23.8 Å². The molecule has 0 radical (unpaired) electrons. The lowest BCUT2D eigenvalue weighted by Gasteiger charge is -2.18. The molecule has 2 aromatic carbocycles. The number of rotatable bonds is 6. The summed E-state index contributed by atoms with van der Waals surface area (Å²) in [7, 11) is 1.55. The Balaban J connectivity index is 1.33. The Bertz CT molecular complexity index is 1060. The zero-order valence-corrected chi connectivity index (χ0v) is 17.0. The molecule has 9 heteroatoms. The molecule has 8 nitrogen and oxygen atoms in total. The van der Waals surface area contributed by atoms with Crippen molar-refractivity contribution in [3.05, 3.63) is 53.4 Å². The molecule has 154 valence electrons. The number of amides is 2. The van der Waals surface area contributed by atoms with Gasteiger partial charge in [0.05, 0.1) is 19.3 Å². The molecule has 0 saturated carbocycles.